The number of hydrogen-bond donors (Lipinski definition) is 1. The number of fused-ring (bicyclic) bond motifs is 1. The molecule has 2 aromatic heterocycles. The van der Waals surface area contributed by atoms with E-state index in [9.17, 15) is 10.1 Å². The van der Waals surface area contributed by atoms with Crippen LogP contribution in [0, 0.1) is 11.3 Å². The first-order valence-electron chi connectivity index (χ1n) is 8.21. The van der Waals surface area contributed by atoms with Crippen LogP contribution in [-0.4, -0.2) is 16.1 Å². The molecule has 1 N–H and O–H groups in total. The molecule has 4 aromatic rings. The summed E-state index contributed by atoms with van der Waals surface area (Å²) < 4.78 is 7.64. The second kappa shape index (κ2) is 7.72. The maximum Gasteiger partial charge on any atom is 0.335 e. The normalized spacial score (nSPS) is 11.5. The lowest BCUT2D eigenvalue weighted by molar-refractivity contribution is 0.0697. The summed E-state index contributed by atoms with van der Waals surface area (Å²) in [6.07, 6.45) is 1.65. The van der Waals surface area contributed by atoms with Crippen LogP contribution < -0.4 is 0 Å². The standard InChI is InChI=1S/C21H12N2O3S2/c22-12-16(27-21-23-17-6-1-2-7-19(17)28-21)11-15-8-9-18(26-15)13-4-3-5-14(10-13)20(24)25/h1-11H,(H,24,25). The van der Waals surface area contributed by atoms with Crippen molar-refractivity contribution in [3.8, 4) is 17.4 Å². The van der Waals surface area contributed by atoms with E-state index in [2.05, 4.69) is 11.1 Å². The largest absolute Gasteiger partial charge is 0.478 e. The number of carbonyl (C=O) groups is 1. The summed E-state index contributed by atoms with van der Waals surface area (Å²) in [7, 11) is 0. The molecule has 0 amide bonds. The lowest BCUT2D eigenvalue weighted by Gasteiger charge is -1.99. The molecule has 2 heterocycles. The van der Waals surface area contributed by atoms with E-state index in [4.69, 9.17) is 9.52 Å². The molecular formula is C21H12N2O3S2. The van der Waals surface area contributed by atoms with Crippen LogP contribution in [0.15, 0.2) is 74.3 Å². The number of para-hydroxylation sites is 1. The van der Waals surface area contributed by atoms with E-state index in [1.807, 2.05) is 24.3 Å². The third kappa shape index (κ3) is 3.83. The number of carboxylic acids is 1. The average molecular weight is 404 g/mol. The van der Waals surface area contributed by atoms with Gasteiger partial charge in [0.2, 0.25) is 0 Å². The van der Waals surface area contributed by atoms with E-state index in [-0.39, 0.29) is 5.56 Å². The Hall–Kier alpha value is -3.34. The number of nitrogens with zero attached hydrogens (tertiary/aromatic N) is 2. The zero-order valence-corrected chi connectivity index (χ0v) is 16.0. The minimum Gasteiger partial charge on any atom is -0.478 e. The summed E-state index contributed by atoms with van der Waals surface area (Å²) in [6, 6.07) is 20.0. The van der Waals surface area contributed by atoms with Gasteiger partial charge in [0, 0.05) is 11.6 Å². The highest BCUT2D eigenvalue weighted by Gasteiger charge is 2.10. The molecule has 0 saturated heterocycles. The van der Waals surface area contributed by atoms with Crippen LogP contribution in [0.25, 0.3) is 27.6 Å². The van der Waals surface area contributed by atoms with Gasteiger partial charge in [-0.3, -0.25) is 0 Å². The molecule has 0 fully saturated rings. The maximum absolute atomic E-state index is 11.1. The van der Waals surface area contributed by atoms with Crippen LogP contribution in [0.4, 0.5) is 0 Å². The number of allylic oxidation sites excluding steroid dienone is 1. The van der Waals surface area contributed by atoms with Gasteiger partial charge < -0.3 is 9.52 Å². The Labute approximate surface area is 168 Å². The zero-order chi connectivity index (χ0) is 19.5. The second-order valence-electron chi connectivity index (χ2n) is 5.76. The molecule has 0 bridgehead atoms. The van der Waals surface area contributed by atoms with Crippen LogP contribution in [0.2, 0.25) is 0 Å². The Bertz CT molecular complexity index is 1210. The first kappa shape index (κ1) is 18.0. The number of benzene rings is 2. The summed E-state index contributed by atoms with van der Waals surface area (Å²) in [4.78, 5) is 16.1. The van der Waals surface area contributed by atoms with E-state index in [0.29, 0.717) is 22.0 Å². The Balaban J connectivity index is 1.58. The average Bonchev–Trinajstić information content (AvgIpc) is 3.34. The molecule has 5 nitrogen and oxygen atoms in total. The van der Waals surface area contributed by atoms with E-state index >= 15 is 0 Å². The number of thioether (sulfide) groups is 1. The van der Waals surface area contributed by atoms with Crippen molar-refractivity contribution >= 4 is 45.4 Å². The van der Waals surface area contributed by atoms with Gasteiger partial charge in [0.15, 0.2) is 4.34 Å². The molecule has 0 aliphatic heterocycles. The Morgan fingerprint density at radius 3 is 2.82 bits per heavy atom. The van der Waals surface area contributed by atoms with Gasteiger partial charge in [-0.1, -0.05) is 24.3 Å². The number of carboxylic acid groups (broad SMARTS) is 1. The van der Waals surface area contributed by atoms with Gasteiger partial charge in [0.25, 0.3) is 0 Å². The molecule has 0 atom stereocenters. The number of rotatable bonds is 5. The van der Waals surface area contributed by atoms with Gasteiger partial charge >= 0.3 is 5.97 Å². The number of aromatic carboxylic acids is 1. The number of nitriles is 1. The molecular weight excluding hydrogens is 392 g/mol. The van der Waals surface area contributed by atoms with Crippen molar-refractivity contribution < 1.29 is 14.3 Å². The third-order valence-corrected chi connectivity index (χ3v) is 5.90. The van der Waals surface area contributed by atoms with Gasteiger partial charge in [-0.05, 0) is 48.2 Å². The van der Waals surface area contributed by atoms with Crippen molar-refractivity contribution in [3.63, 3.8) is 0 Å². The van der Waals surface area contributed by atoms with Crippen LogP contribution in [0.5, 0.6) is 0 Å². The highest BCUT2D eigenvalue weighted by atomic mass is 32.2. The van der Waals surface area contributed by atoms with Crippen molar-refractivity contribution in [3.05, 3.63) is 76.9 Å². The quantitative estimate of drug-likeness (QED) is 0.329. The molecule has 0 aliphatic rings. The Morgan fingerprint density at radius 2 is 2.04 bits per heavy atom. The van der Waals surface area contributed by atoms with Gasteiger partial charge in [-0.2, -0.15) is 5.26 Å². The fourth-order valence-electron chi connectivity index (χ4n) is 2.59. The number of furan rings is 1. The van der Waals surface area contributed by atoms with Crippen LogP contribution in [0.3, 0.4) is 0 Å². The fraction of sp³-hybridized carbons (Fsp3) is 0. The fourth-order valence-corrected chi connectivity index (χ4v) is 4.55. The Kier molecular flexibility index (Phi) is 4.98. The minimum absolute atomic E-state index is 0.190. The van der Waals surface area contributed by atoms with Crippen molar-refractivity contribution in [2.24, 2.45) is 0 Å². The molecule has 2 aromatic carbocycles. The summed E-state index contributed by atoms with van der Waals surface area (Å²) in [6.45, 7) is 0. The van der Waals surface area contributed by atoms with Gasteiger partial charge in [-0.15, -0.1) is 11.3 Å². The van der Waals surface area contributed by atoms with Crippen molar-refractivity contribution in [2.75, 3.05) is 0 Å². The summed E-state index contributed by atoms with van der Waals surface area (Å²) in [5, 5.41) is 18.6. The predicted octanol–water partition coefficient (Wildman–Crippen LogP) is 5.91. The number of aromatic nitrogens is 1. The smallest absolute Gasteiger partial charge is 0.335 e. The first-order chi connectivity index (χ1) is 13.6. The second-order valence-corrected chi connectivity index (χ2v) is 8.08. The van der Waals surface area contributed by atoms with Gasteiger partial charge in [0.05, 0.1) is 20.7 Å². The van der Waals surface area contributed by atoms with E-state index < -0.39 is 5.97 Å². The molecule has 0 spiro atoms. The number of hydrogen-bond acceptors (Lipinski definition) is 6. The minimum atomic E-state index is -0.993. The van der Waals surface area contributed by atoms with Gasteiger partial charge in [-0.25, -0.2) is 9.78 Å². The molecule has 4 rings (SSSR count). The topological polar surface area (TPSA) is 87.1 Å². The van der Waals surface area contributed by atoms with E-state index in [1.54, 1.807) is 36.4 Å². The van der Waals surface area contributed by atoms with Crippen LogP contribution in [-0.2, 0) is 0 Å². The van der Waals surface area contributed by atoms with Crippen molar-refractivity contribution in [1.29, 1.82) is 5.26 Å². The number of thiazole rings is 1. The summed E-state index contributed by atoms with van der Waals surface area (Å²) in [5.41, 5.74) is 1.76. The lowest BCUT2D eigenvalue weighted by Crippen LogP contribution is -1.95. The Morgan fingerprint density at radius 1 is 1.18 bits per heavy atom. The highest BCUT2D eigenvalue weighted by Crippen LogP contribution is 2.35. The maximum atomic E-state index is 11.1. The highest BCUT2D eigenvalue weighted by molar-refractivity contribution is 8.05. The van der Waals surface area contributed by atoms with Crippen molar-refractivity contribution in [2.45, 2.75) is 4.34 Å². The molecule has 0 unspecified atom stereocenters. The summed E-state index contributed by atoms with van der Waals surface area (Å²) in [5.74, 6) is 0.0602. The monoisotopic (exact) mass is 404 g/mol. The van der Waals surface area contributed by atoms with E-state index in [1.165, 1.54) is 29.2 Å². The zero-order valence-electron chi connectivity index (χ0n) is 14.3. The van der Waals surface area contributed by atoms with Crippen LogP contribution >= 0.6 is 23.1 Å². The van der Waals surface area contributed by atoms with Crippen LogP contribution in [0.1, 0.15) is 16.1 Å². The van der Waals surface area contributed by atoms with E-state index in [0.717, 1.165) is 14.6 Å². The molecule has 0 saturated carbocycles. The SMILES string of the molecule is N#CC(=Cc1ccc(-c2cccc(C(=O)O)c2)o1)Sc1nc2ccccc2s1. The third-order valence-electron chi connectivity index (χ3n) is 3.88. The first-order valence-corrected chi connectivity index (χ1v) is 9.84. The molecule has 7 heteroatoms. The molecule has 0 radical (unpaired) electrons. The summed E-state index contributed by atoms with van der Waals surface area (Å²) >= 11 is 2.82. The van der Waals surface area contributed by atoms with Crippen molar-refractivity contribution in [1.82, 2.24) is 4.98 Å². The predicted molar refractivity (Wildman–Crippen MR) is 110 cm³/mol. The molecule has 0 aliphatic carbocycles. The lowest BCUT2D eigenvalue weighted by atomic mass is 10.1. The van der Waals surface area contributed by atoms with Gasteiger partial charge in [0.1, 0.15) is 17.6 Å². The molecule has 28 heavy (non-hydrogen) atoms. The molecule has 136 valence electrons.